The number of nitrogens with one attached hydrogen (secondary N) is 2. The molecule has 4 heterocycles. The van der Waals surface area contributed by atoms with Crippen molar-refractivity contribution in [3.63, 3.8) is 0 Å². The minimum absolute atomic E-state index is 0.181. The highest BCUT2D eigenvalue weighted by atomic mass is 16.6. The third-order valence-electron chi connectivity index (χ3n) is 5.34. The van der Waals surface area contributed by atoms with Crippen LogP contribution >= 0.6 is 0 Å². The molecular formula is C23H29N5O3. The van der Waals surface area contributed by atoms with E-state index in [-0.39, 0.29) is 12.1 Å². The van der Waals surface area contributed by atoms with Gasteiger partial charge in [-0.2, -0.15) is 0 Å². The first kappa shape index (κ1) is 21.0. The minimum atomic E-state index is -0.482. The van der Waals surface area contributed by atoms with E-state index in [2.05, 4.69) is 26.7 Å². The van der Waals surface area contributed by atoms with Crippen molar-refractivity contribution in [2.24, 2.45) is 0 Å². The van der Waals surface area contributed by atoms with E-state index < -0.39 is 5.60 Å². The van der Waals surface area contributed by atoms with E-state index in [1.165, 1.54) is 5.57 Å². The van der Waals surface area contributed by atoms with Gasteiger partial charge in [0.2, 0.25) is 5.88 Å². The second-order valence-corrected chi connectivity index (χ2v) is 8.76. The topological polar surface area (TPSA) is 88.6 Å². The quantitative estimate of drug-likeness (QED) is 0.715. The number of pyridine rings is 2. The van der Waals surface area contributed by atoms with E-state index in [1.807, 2.05) is 39.0 Å². The Morgan fingerprint density at radius 2 is 2.10 bits per heavy atom. The number of ether oxygens (including phenoxy) is 2. The number of aromatic nitrogens is 2. The molecule has 0 bridgehead atoms. The number of carbonyl (C=O) groups is 1. The predicted molar refractivity (Wildman–Crippen MR) is 120 cm³/mol. The van der Waals surface area contributed by atoms with Crippen molar-refractivity contribution in [1.82, 2.24) is 14.9 Å². The van der Waals surface area contributed by atoms with E-state index >= 15 is 0 Å². The van der Waals surface area contributed by atoms with E-state index in [1.54, 1.807) is 24.4 Å². The Kier molecular flexibility index (Phi) is 5.71. The van der Waals surface area contributed by atoms with Crippen LogP contribution in [0.1, 0.15) is 32.8 Å². The molecule has 2 N–H and O–H groups in total. The van der Waals surface area contributed by atoms with Crippen LogP contribution in [0.3, 0.4) is 0 Å². The fraction of sp³-hybridized carbons (Fsp3) is 0.435. The van der Waals surface area contributed by atoms with Crippen LogP contribution in [0.2, 0.25) is 0 Å². The number of methoxy groups -OCH3 is 1. The highest BCUT2D eigenvalue weighted by molar-refractivity contribution is 5.72. The number of nitrogens with zero attached hydrogens (tertiary/aromatic N) is 3. The molecule has 1 amide bonds. The molecule has 1 atom stereocenters. The summed E-state index contributed by atoms with van der Waals surface area (Å²) in [6, 6.07) is 5.92. The lowest BCUT2D eigenvalue weighted by molar-refractivity contribution is 0.0265. The normalized spacial score (nSPS) is 18.0. The van der Waals surface area contributed by atoms with Gasteiger partial charge in [0.25, 0.3) is 0 Å². The van der Waals surface area contributed by atoms with Gasteiger partial charge in [-0.25, -0.2) is 14.8 Å². The van der Waals surface area contributed by atoms with Crippen LogP contribution in [0, 0.1) is 0 Å². The van der Waals surface area contributed by atoms with Gasteiger partial charge in [-0.3, -0.25) is 0 Å². The molecule has 0 saturated carbocycles. The largest absolute Gasteiger partial charge is 0.481 e. The van der Waals surface area contributed by atoms with Crippen LogP contribution in [0.15, 0.2) is 42.2 Å². The summed E-state index contributed by atoms with van der Waals surface area (Å²) in [6.45, 7) is 6.88. The van der Waals surface area contributed by atoms with Crippen molar-refractivity contribution in [2.45, 2.75) is 45.3 Å². The summed E-state index contributed by atoms with van der Waals surface area (Å²) in [6.07, 6.45) is 7.08. The SMILES string of the molecule is COc1ccc(Nc2ccnc3c2CC(C2=CCN(C(=O)OC(C)(C)C)CC2)N3)cn1. The summed E-state index contributed by atoms with van der Waals surface area (Å²) in [5, 5.41) is 6.98. The van der Waals surface area contributed by atoms with Gasteiger partial charge >= 0.3 is 6.09 Å². The molecule has 0 radical (unpaired) electrons. The molecule has 2 aliphatic rings. The molecule has 164 valence electrons. The Bertz CT molecular complexity index is 982. The van der Waals surface area contributed by atoms with Crippen molar-refractivity contribution in [1.29, 1.82) is 0 Å². The summed E-state index contributed by atoms with van der Waals surface area (Å²) in [5.74, 6) is 1.48. The standard InChI is InChI=1S/C23H29N5O3/c1-23(2,3)31-22(29)28-11-8-15(9-12-28)19-13-17-18(7-10-24-21(17)27-19)26-16-5-6-20(30-4)25-14-16/h5-8,10,14,19H,9,11-13H2,1-4H3,(H2,24,26,27). The van der Waals surface area contributed by atoms with Crippen LogP contribution in [-0.4, -0.2) is 52.8 Å². The second kappa shape index (κ2) is 8.45. The fourth-order valence-electron chi connectivity index (χ4n) is 3.81. The van der Waals surface area contributed by atoms with Gasteiger partial charge < -0.3 is 25.0 Å². The molecule has 0 fully saturated rings. The molecule has 2 aliphatic heterocycles. The Hall–Kier alpha value is -3.29. The van der Waals surface area contributed by atoms with Crippen LogP contribution in [0.4, 0.5) is 22.0 Å². The van der Waals surface area contributed by atoms with Gasteiger partial charge in [0.05, 0.1) is 25.0 Å². The molecule has 0 spiro atoms. The summed E-state index contributed by atoms with van der Waals surface area (Å²) in [4.78, 5) is 22.8. The third kappa shape index (κ3) is 4.90. The second-order valence-electron chi connectivity index (χ2n) is 8.76. The smallest absolute Gasteiger partial charge is 0.410 e. The molecule has 2 aromatic rings. The van der Waals surface area contributed by atoms with E-state index in [9.17, 15) is 4.79 Å². The first-order valence-corrected chi connectivity index (χ1v) is 10.5. The fourth-order valence-corrected chi connectivity index (χ4v) is 3.81. The zero-order valence-corrected chi connectivity index (χ0v) is 18.4. The van der Waals surface area contributed by atoms with Gasteiger partial charge in [0.15, 0.2) is 0 Å². The van der Waals surface area contributed by atoms with Crippen LogP contribution in [0.5, 0.6) is 5.88 Å². The first-order chi connectivity index (χ1) is 14.8. The van der Waals surface area contributed by atoms with Gasteiger partial charge in [-0.05, 0) is 44.9 Å². The highest BCUT2D eigenvalue weighted by Crippen LogP contribution is 2.35. The summed E-state index contributed by atoms with van der Waals surface area (Å²) in [5.41, 5.74) is 3.87. The van der Waals surface area contributed by atoms with Gasteiger partial charge in [0.1, 0.15) is 11.4 Å². The number of fused-ring (bicyclic) bond motifs is 1. The maximum Gasteiger partial charge on any atom is 0.410 e. The molecule has 8 heteroatoms. The highest BCUT2D eigenvalue weighted by Gasteiger charge is 2.30. The molecule has 8 nitrogen and oxygen atoms in total. The number of rotatable bonds is 4. The van der Waals surface area contributed by atoms with Crippen molar-refractivity contribution >= 4 is 23.3 Å². The van der Waals surface area contributed by atoms with Crippen molar-refractivity contribution in [3.05, 3.63) is 47.8 Å². The average molecular weight is 424 g/mol. The van der Waals surface area contributed by atoms with Crippen molar-refractivity contribution in [3.8, 4) is 5.88 Å². The number of amides is 1. The number of carbonyl (C=O) groups excluding carboxylic acids is 1. The molecule has 0 aliphatic carbocycles. The van der Waals surface area contributed by atoms with Crippen LogP contribution in [0.25, 0.3) is 0 Å². The van der Waals surface area contributed by atoms with Gasteiger partial charge in [-0.1, -0.05) is 6.08 Å². The molecular weight excluding hydrogens is 394 g/mol. The molecule has 1 unspecified atom stereocenters. The minimum Gasteiger partial charge on any atom is -0.481 e. The maximum atomic E-state index is 12.3. The van der Waals surface area contributed by atoms with Gasteiger partial charge in [0, 0.05) is 43.0 Å². The van der Waals surface area contributed by atoms with E-state index in [4.69, 9.17) is 9.47 Å². The predicted octanol–water partition coefficient (Wildman–Crippen LogP) is 4.13. The summed E-state index contributed by atoms with van der Waals surface area (Å²) >= 11 is 0. The van der Waals surface area contributed by atoms with Crippen molar-refractivity contribution < 1.29 is 14.3 Å². The van der Waals surface area contributed by atoms with Crippen LogP contribution in [-0.2, 0) is 11.2 Å². The van der Waals surface area contributed by atoms with Crippen molar-refractivity contribution in [2.75, 3.05) is 30.8 Å². The van der Waals surface area contributed by atoms with E-state index in [0.717, 1.165) is 35.6 Å². The lowest BCUT2D eigenvalue weighted by Gasteiger charge is -2.31. The molecule has 31 heavy (non-hydrogen) atoms. The van der Waals surface area contributed by atoms with E-state index in [0.29, 0.717) is 19.0 Å². The maximum absolute atomic E-state index is 12.3. The Morgan fingerprint density at radius 3 is 2.74 bits per heavy atom. The molecule has 4 rings (SSSR count). The molecule has 0 aromatic carbocycles. The zero-order chi connectivity index (χ0) is 22.0. The lowest BCUT2D eigenvalue weighted by atomic mass is 9.97. The first-order valence-electron chi connectivity index (χ1n) is 10.5. The number of hydrogen-bond acceptors (Lipinski definition) is 7. The summed E-state index contributed by atoms with van der Waals surface area (Å²) < 4.78 is 10.6. The molecule has 2 aromatic heterocycles. The third-order valence-corrected chi connectivity index (χ3v) is 5.34. The molecule has 0 saturated heterocycles. The lowest BCUT2D eigenvalue weighted by Crippen LogP contribution is -2.40. The zero-order valence-electron chi connectivity index (χ0n) is 18.4. The monoisotopic (exact) mass is 423 g/mol. The van der Waals surface area contributed by atoms with Gasteiger partial charge in [-0.15, -0.1) is 0 Å². The van der Waals surface area contributed by atoms with Crippen LogP contribution < -0.4 is 15.4 Å². The Balaban J connectivity index is 1.42. The number of anilines is 3. The number of hydrogen-bond donors (Lipinski definition) is 2. The Labute approximate surface area is 182 Å². The Morgan fingerprint density at radius 1 is 1.26 bits per heavy atom. The summed E-state index contributed by atoms with van der Waals surface area (Å²) in [7, 11) is 1.60. The average Bonchev–Trinajstić information content (AvgIpc) is 3.19.